The second kappa shape index (κ2) is 6.41. The molecule has 1 saturated heterocycles. The Kier molecular flexibility index (Phi) is 4.16. The molecule has 2 aromatic rings. The predicted molar refractivity (Wildman–Crippen MR) is 79.3 cm³/mol. The molecule has 2 aromatic carbocycles. The van der Waals surface area contributed by atoms with Crippen LogP contribution >= 0.6 is 0 Å². The Morgan fingerprint density at radius 2 is 1.64 bits per heavy atom. The van der Waals surface area contributed by atoms with Crippen LogP contribution in [0.5, 0.6) is 0 Å². The van der Waals surface area contributed by atoms with Gasteiger partial charge in [-0.15, -0.1) is 0 Å². The normalized spacial score (nSPS) is 19.3. The van der Waals surface area contributed by atoms with E-state index in [2.05, 4.69) is 5.32 Å². The number of hydrogen-bond donors (Lipinski definition) is 1. The van der Waals surface area contributed by atoms with E-state index >= 15 is 0 Å². The van der Waals surface area contributed by atoms with E-state index in [9.17, 15) is 9.59 Å². The summed E-state index contributed by atoms with van der Waals surface area (Å²) < 4.78 is 10.5. The fraction of sp³-hybridized carbons (Fsp3) is 0.176. The second-order valence-electron chi connectivity index (χ2n) is 4.92. The molecule has 0 aliphatic carbocycles. The monoisotopic (exact) mass is 297 g/mol. The largest absolute Gasteiger partial charge is 0.446 e. The molecule has 0 aromatic heterocycles. The Hall–Kier alpha value is -2.66. The average Bonchev–Trinajstić information content (AvgIpc) is 3.34. The van der Waals surface area contributed by atoms with Crippen molar-refractivity contribution < 1.29 is 19.1 Å². The first-order chi connectivity index (χ1) is 10.7. The van der Waals surface area contributed by atoms with Gasteiger partial charge < -0.3 is 9.47 Å². The van der Waals surface area contributed by atoms with Crippen LogP contribution in [0.4, 0.5) is 4.79 Å². The third-order valence-corrected chi connectivity index (χ3v) is 3.34. The fourth-order valence-electron chi connectivity index (χ4n) is 2.15. The van der Waals surface area contributed by atoms with Gasteiger partial charge in [0.25, 0.3) is 5.91 Å². The van der Waals surface area contributed by atoms with Crippen molar-refractivity contribution in [1.82, 2.24) is 5.32 Å². The first kappa shape index (κ1) is 14.3. The molecule has 0 spiro atoms. The molecule has 112 valence electrons. The lowest BCUT2D eigenvalue weighted by atomic mass is 10.1. The van der Waals surface area contributed by atoms with Crippen LogP contribution in [0.3, 0.4) is 0 Å². The highest BCUT2D eigenvalue weighted by Gasteiger charge is 2.41. The highest BCUT2D eigenvalue weighted by molar-refractivity contribution is 6.02. The van der Waals surface area contributed by atoms with Gasteiger partial charge in [0.15, 0.2) is 0 Å². The van der Waals surface area contributed by atoms with Crippen LogP contribution in [0.2, 0.25) is 0 Å². The van der Waals surface area contributed by atoms with Gasteiger partial charge >= 0.3 is 6.09 Å². The molecule has 1 fully saturated rings. The van der Waals surface area contributed by atoms with Gasteiger partial charge in [-0.1, -0.05) is 48.5 Å². The fourth-order valence-corrected chi connectivity index (χ4v) is 2.15. The van der Waals surface area contributed by atoms with Gasteiger partial charge in [0.2, 0.25) is 0 Å². The lowest BCUT2D eigenvalue weighted by molar-refractivity contribution is 0.0911. The van der Waals surface area contributed by atoms with Gasteiger partial charge in [0.05, 0.1) is 0 Å². The number of nitrogens with one attached hydrogen (secondary N) is 1. The van der Waals surface area contributed by atoms with E-state index in [4.69, 9.17) is 9.47 Å². The topological polar surface area (TPSA) is 67.9 Å². The zero-order chi connectivity index (χ0) is 15.4. The molecule has 2 atom stereocenters. The number of amides is 2. The Morgan fingerprint density at radius 3 is 2.32 bits per heavy atom. The molecular formula is C17H15NO4. The molecule has 3 rings (SSSR count). The summed E-state index contributed by atoms with van der Waals surface area (Å²) in [6.07, 6.45) is -0.963. The summed E-state index contributed by atoms with van der Waals surface area (Å²) in [6.45, 7) is 0.119. The summed E-state index contributed by atoms with van der Waals surface area (Å²) in [7, 11) is 0. The van der Waals surface area contributed by atoms with Crippen LogP contribution in [0.25, 0.3) is 0 Å². The van der Waals surface area contributed by atoms with E-state index in [0.717, 1.165) is 5.56 Å². The number of imide groups is 1. The van der Waals surface area contributed by atoms with Crippen molar-refractivity contribution in [2.24, 2.45) is 0 Å². The summed E-state index contributed by atoms with van der Waals surface area (Å²) >= 11 is 0. The van der Waals surface area contributed by atoms with Gasteiger partial charge in [0, 0.05) is 5.56 Å². The van der Waals surface area contributed by atoms with Crippen molar-refractivity contribution in [1.29, 1.82) is 0 Å². The maximum absolute atomic E-state index is 11.8. The molecule has 0 bridgehead atoms. The first-order valence-electron chi connectivity index (χ1n) is 6.97. The molecule has 22 heavy (non-hydrogen) atoms. The molecule has 0 unspecified atom stereocenters. The minimum Gasteiger partial charge on any atom is -0.446 e. The number of carbonyl (C=O) groups excluding carboxylic acids is 2. The zero-order valence-electron chi connectivity index (χ0n) is 11.8. The van der Waals surface area contributed by atoms with Gasteiger partial charge in [-0.2, -0.15) is 0 Å². The quantitative estimate of drug-likeness (QED) is 0.881. The molecule has 0 radical (unpaired) electrons. The minimum atomic E-state index is -0.767. The van der Waals surface area contributed by atoms with Crippen molar-refractivity contribution in [3.8, 4) is 0 Å². The highest BCUT2D eigenvalue weighted by atomic mass is 16.6. The molecular weight excluding hydrogens is 282 g/mol. The molecule has 5 heteroatoms. The van der Waals surface area contributed by atoms with Crippen molar-refractivity contribution in [2.45, 2.75) is 12.2 Å². The standard InChI is InChI=1S/C17H15NO4/c19-16(13-9-5-2-6-10-13)18-17(20)21-11-14-15(22-14)12-7-3-1-4-8-12/h1-10,14-15H,11H2,(H,18,19,20)/t14-,15+/m1/s1. The Morgan fingerprint density at radius 1 is 1.00 bits per heavy atom. The molecule has 1 aliphatic rings. The van der Waals surface area contributed by atoms with Gasteiger partial charge in [-0.3, -0.25) is 10.1 Å². The van der Waals surface area contributed by atoms with E-state index in [-0.39, 0.29) is 18.8 Å². The number of carbonyl (C=O) groups is 2. The van der Waals surface area contributed by atoms with Crippen LogP contribution in [0, 0.1) is 0 Å². The highest BCUT2D eigenvalue weighted by Crippen LogP contribution is 2.38. The summed E-state index contributed by atoms with van der Waals surface area (Å²) in [5, 5.41) is 2.18. The van der Waals surface area contributed by atoms with Crippen molar-refractivity contribution in [3.63, 3.8) is 0 Å². The average molecular weight is 297 g/mol. The summed E-state index contributed by atoms with van der Waals surface area (Å²) in [6, 6.07) is 18.2. The van der Waals surface area contributed by atoms with Gasteiger partial charge in [0.1, 0.15) is 18.8 Å². The number of rotatable bonds is 4. The number of benzene rings is 2. The maximum Gasteiger partial charge on any atom is 0.414 e. The van der Waals surface area contributed by atoms with Gasteiger partial charge in [-0.05, 0) is 17.7 Å². The van der Waals surface area contributed by atoms with Gasteiger partial charge in [-0.25, -0.2) is 4.79 Å². The number of ether oxygens (including phenoxy) is 2. The lowest BCUT2D eigenvalue weighted by Gasteiger charge is -2.04. The minimum absolute atomic E-state index is 0.0428. The van der Waals surface area contributed by atoms with Crippen LogP contribution in [0.1, 0.15) is 22.0 Å². The molecule has 0 saturated carbocycles. The van der Waals surface area contributed by atoms with Crippen molar-refractivity contribution in [3.05, 3.63) is 71.8 Å². The smallest absolute Gasteiger partial charge is 0.414 e. The van der Waals surface area contributed by atoms with E-state index in [1.807, 2.05) is 30.3 Å². The van der Waals surface area contributed by atoms with Crippen LogP contribution < -0.4 is 5.32 Å². The number of hydrogen-bond acceptors (Lipinski definition) is 4. The third kappa shape index (κ3) is 3.51. The van der Waals surface area contributed by atoms with E-state index in [1.54, 1.807) is 30.3 Å². The maximum atomic E-state index is 11.8. The third-order valence-electron chi connectivity index (χ3n) is 3.34. The molecule has 1 aliphatic heterocycles. The summed E-state index contributed by atoms with van der Waals surface area (Å²) in [5.41, 5.74) is 1.46. The van der Waals surface area contributed by atoms with E-state index < -0.39 is 12.0 Å². The SMILES string of the molecule is O=C(NC(=O)c1ccccc1)OC[C@H]1O[C@H]1c1ccccc1. The van der Waals surface area contributed by atoms with Crippen LogP contribution in [0.15, 0.2) is 60.7 Å². The summed E-state index contributed by atoms with van der Waals surface area (Å²) in [4.78, 5) is 23.4. The number of alkyl carbamates (subject to hydrolysis) is 1. The van der Waals surface area contributed by atoms with Crippen LogP contribution in [-0.4, -0.2) is 24.7 Å². The Bertz CT molecular complexity index is 657. The second-order valence-corrected chi connectivity index (χ2v) is 4.92. The lowest BCUT2D eigenvalue weighted by Crippen LogP contribution is -2.31. The molecule has 5 nitrogen and oxygen atoms in total. The Labute approximate surface area is 127 Å². The van der Waals surface area contributed by atoms with E-state index in [1.165, 1.54) is 0 Å². The van der Waals surface area contributed by atoms with Crippen LogP contribution in [-0.2, 0) is 9.47 Å². The Balaban J connectivity index is 1.43. The van der Waals surface area contributed by atoms with E-state index in [0.29, 0.717) is 5.56 Å². The zero-order valence-corrected chi connectivity index (χ0v) is 11.8. The molecule has 1 heterocycles. The van der Waals surface area contributed by atoms with Crippen molar-refractivity contribution in [2.75, 3.05) is 6.61 Å². The summed E-state index contributed by atoms with van der Waals surface area (Å²) in [5.74, 6) is -0.484. The molecule has 1 N–H and O–H groups in total. The number of epoxide rings is 1. The predicted octanol–water partition coefficient (Wildman–Crippen LogP) is 2.69. The molecule has 2 amide bonds. The van der Waals surface area contributed by atoms with Crippen molar-refractivity contribution >= 4 is 12.0 Å². The first-order valence-corrected chi connectivity index (χ1v) is 6.97.